The summed E-state index contributed by atoms with van der Waals surface area (Å²) in [6, 6.07) is 13.4. The van der Waals surface area contributed by atoms with E-state index in [-0.39, 0.29) is 11.9 Å². The molecule has 1 unspecified atom stereocenters. The lowest BCUT2D eigenvalue weighted by Gasteiger charge is -2.20. The van der Waals surface area contributed by atoms with Gasteiger partial charge in [0.05, 0.1) is 11.6 Å². The lowest BCUT2D eigenvalue weighted by atomic mass is 10.1. The second-order valence-electron chi connectivity index (χ2n) is 6.03. The summed E-state index contributed by atoms with van der Waals surface area (Å²) in [6.45, 7) is 4.16. The van der Waals surface area contributed by atoms with Crippen LogP contribution in [0.3, 0.4) is 0 Å². The highest BCUT2D eigenvalue weighted by molar-refractivity contribution is 5.92. The van der Waals surface area contributed by atoms with Crippen LogP contribution in [0.1, 0.15) is 47.4 Å². The number of pyridine rings is 1. The Bertz CT molecular complexity index is 758. The van der Waals surface area contributed by atoms with Gasteiger partial charge in [-0.3, -0.25) is 4.79 Å². The Morgan fingerprint density at radius 1 is 1.29 bits per heavy atom. The Morgan fingerprint density at radius 2 is 2.08 bits per heavy atom. The van der Waals surface area contributed by atoms with E-state index in [0.717, 1.165) is 18.7 Å². The van der Waals surface area contributed by atoms with Gasteiger partial charge in [-0.1, -0.05) is 12.1 Å². The predicted molar refractivity (Wildman–Crippen MR) is 92.7 cm³/mol. The number of benzene rings is 1. The fraction of sp³-hybridized carbons (Fsp3) is 0.316. The monoisotopic (exact) mass is 320 g/mol. The van der Waals surface area contributed by atoms with Crippen LogP contribution >= 0.6 is 0 Å². The first kappa shape index (κ1) is 16.0. The number of nitriles is 1. The zero-order valence-electron chi connectivity index (χ0n) is 13.7. The van der Waals surface area contributed by atoms with Crippen LogP contribution in [-0.4, -0.2) is 24.0 Å². The molecule has 5 heteroatoms. The average Bonchev–Trinajstić information content (AvgIpc) is 3.16. The molecule has 1 fully saturated rings. The van der Waals surface area contributed by atoms with E-state index in [1.165, 1.54) is 24.7 Å². The topological polar surface area (TPSA) is 69.0 Å². The van der Waals surface area contributed by atoms with Gasteiger partial charge in [0.2, 0.25) is 0 Å². The molecule has 1 saturated heterocycles. The normalized spacial score (nSPS) is 14.9. The number of carbonyl (C=O) groups excluding carboxylic acids is 1. The quantitative estimate of drug-likeness (QED) is 0.940. The third-order valence-corrected chi connectivity index (χ3v) is 4.31. The summed E-state index contributed by atoms with van der Waals surface area (Å²) in [4.78, 5) is 18.7. The molecule has 1 N–H and O–H groups in total. The summed E-state index contributed by atoms with van der Waals surface area (Å²) < 4.78 is 0. The van der Waals surface area contributed by atoms with Crippen LogP contribution in [0.15, 0.2) is 42.6 Å². The molecule has 3 rings (SSSR count). The maximum atomic E-state index is 12.3. The smallest absolute Gasteiger partial charge is 0.270 e. The number of amides is 1. The maximum absolute atomic E-state index is 12.3. The van der Waals surface area contributed by atoms with E-state index in [1.54, 1.807) is 12.1 Å². The third kappa shape index (κ3) is 3.54. The predicted octanol–water partition coefficient (Wildman–Crippen LogP) is 3.04. The first-order valence-electron chi connectivity index (χ1n) is 8.19. The molecule has 24 heavy (non-hydrogen) atoms. The Morgan fingerprint density at radius 3 is 2.75 bits per heavy atom. The molecular formula is C19H20N4O. The Labute approximate surface area is 141 Å². The number of rotatable bonds is 4. The van der Waals surface area contributed by atoms with Crippen molar-refractivity contribution in [1.82, 2.24) is 10.3 Å². The lowest BCUT2D eigenvalue weighted by Crippen LogP contribution is -2.27. The number of hydrogen-bond donors (Lipinski definition) is 1. The number of nitrogens with zero attached hydrogens (tertiary/aromatic N) is 3. The van der Waals surface area contributed by atoms with E-state index in [9.17, 15) is 4.79 Å². The first-order valence-corrected chi connectivity index (χ1v) is 8.19. The zero-order chi connectivity index (χ0) is 16.9. The highest BCUT2D eigenvalue weighted by Crippen LogP contribution is 2.24. The Hall–Kier alpha value is -2.87. The van der Waals surface area contributed by atoms with Gasteiger partial charge in [0.25, 0.3) is 5.91 Å². The molecule has 0 spiro atoms. The average molecular weight is 320 g/mol. The van der Waals surface area contributed by atoms with E-state index < -0.39 is 0 Å². The van der Waals surface area contributed by atoms with Crippen molar-refractivity contribution in [2.24, 2.45) is 0 Å². The standard InChI is InChI=1S/C19H20N4O/c1-14(22-19(24)18-8-7-15(12-20)13-21-18)16-5-4-6-17(11-16)23-9-2-3-10-23/h4-8,11,13-14H,2-3,9-10H2,1H3,(H,22,24). The van der Waals surface area contributed by atoms with Gasteiger partial charge in [0.1, 0.15) is 11.8 Å². The maximum Gasteiger partial charge on any atom is 0.270 e. The first-order chi connectivity index (χ1) is 11.7. The SMILES string of the molecule is CC(NC(=O)c1ccc(C#N)cn1)c1cccc(N2CCCC2)c1. The summed E-state index contributed by atoms with van der Waals surface area (Å²) in [6.07, 6.45) is 3.88. The molecule has 0 bridgehead atoms. The summed E-state index contributed by atoms with van der Waals surface area (Å²) in [5.74, 6) is -0.237. The molecule has 1 aliphatic rings. The highest BCUT2D eigenvalue weighted by atomic mass is 16.1. The van der Waals surface area contributed by atoms with Gasteiger partial charge in [-0.05, 0) is 49.6 Å². The van der Waals surface area contributed by atoms with Crippen molar-refractivity contribution >= 4 is 11.6 Å². The molecule has 0 saturated carbocycles. The Kier molecular flexibility index (Phi) is 4.76. The third-order valence-electron chi connectivity index (χ3n) is 4.31. The largest absolute Gasteiger partial charge is 0.372 e. The molecule has 0 radical (unpaired) electrons. The van der Waals surface area contributed by atoms with Gasteiger partial charge >= 0.3 is 0 Å². The van der Waals surface area contributed by atoms with E-state index in [2.05, 4.69) is 27.3 Å². The van der Waals surface area contributed by atoms with Crippen molar-refractivity contribution in [1.29, 1.82) is 5.26 Å². The fourth-order valence-corrected chi connectivity index (χ4v) is 2.91. The molecule has 1 aromatic carbocycles. The van der Waals surface area contributed by atoms with Gasteiger partial charge in [-0.15, -0.1) is 0 Å². The van der Waals surface area contributed by atoms with Crippen LogP contribution in [0.5, 0.6) is 0 Å². The molecule has 122 valence electrons. The summed E-state index contributed by atoms with van der Waals surface area (Å²) in [5.41, 5.74) is 3.04. The molecule has 0 aliphatic carbocycles. The fourth-order valence-electron chi connectivity index (χ4n) is 2.91. The molecule has 2 aromatic rings. The van der Waals surface area contributed by atoms with Crippen LogP contribution in [0, 0.1) is 11.3 Å². The van der Waals surface area contributed by atoms with Crippen molar-refractivity contribution in [3.05, 3.63) is 59.4 Å². The number of hydrogen-bond acceptors (Lipinski definition) is 4. The summed E-state index contributed by atoms with van der Waals surface area (Å²) in [7, 11) is 0. The van der Waals surface area contributed by atoms with Gasteiger partial charge in [-0.25, -0.2) is 4.98 Å². The molecule has 1 amide bonds. The lowest BCUT2D eigenvalue weighted by molar-refractivity contribution is 0.0935. The van der Waals surface area contributed by atoms with Crippen LogP contribution < -0.4 is 10.2 Å². The zero-order valence-corrected chi connectivity index (χ0v) is 13.7. The second kappa shape index (κ2) is 7.14. The van der Waals surface area contributed by atoms with E-state index in [1.807, 2.05) is 25.1 Å². The van der Waals surface area contributed by atoms with E-state index in [0.29, 0.717) is 11.3 Å². The van der Waals surface area contributed by atoms with Gasteiger partial charge in [0, 0.05) is 25.0 Å². The van der Waals surface area contributed by atoms with Gasteiger partial charge < -0.3 is 10.2 Å². The van der Waals surface area contributed by atoms with Crippen molar-refractivity contribution in [3.8, 4) is 6.07 Å². The highest BCUT2D eigenvalue weighted by Gasteiger charge is 2.16. The van der Waals surface area contributed by atoms with Gasteiger partial charge in [0.15, 0.2) is 0 Å². The second-order valence-corrected chi connectivity index (χ2v) is 6.03. The van der Waals surface area contributed by atoms with Crippen molar-refractivity contribution in [2.45, 2.75) is 25.8 Å². The number of nitrogens with one attached hydrogen (secondary N) is 1. The molecule has 1 aliphatic heterocycles. The van der Waals surface area contributed by atoms with Gasteiger partial charge in [-0.2, -0.15) is 5.26 Å². The van der Waals surface area contributed by atoms with Crippen LogP contribution in [-0.2, 0) is 0 Å². The van der Waals surface area contributed by atoms with E-state index >= 15 is 0 Å². The van der Waals surface area contributed by atoms with Crippen LogP contribution in [0.25, 0.3) is 0 Å². The number of anilines is 1. The van der Waals surface area contributed by atoms with Crippen LogP contribution in [0.4, 0.5) is 5.69 Å². The minimum atomic E-state index is -0.237. The van der Waals surface area contributed by atoms with Crippen molar-refractivity contribution in [2.75, 3.05) is 18.0 Å². The molecule has 5 nitrogen and oxygen atoms in total. The van der Waals surface area contributed by atoms with Crippen molar-refractivity contribution in [3.63, 3.8) is 0 Å². The summed E-state index contributed by atoms with van der Waals surface area (Å²) in [5, 5.41) is 11.7. The van der Waals surface area contributed by atoms with E-state index in [4.69, 9.17) is 5.26 Å². The number of aromatic nitrogens is 1. The van der Waals surface area contributed by atoms with Crippen LogP contribution in [0.2, 0.25) is 0 Å². The molecule has 2 heterocycles. The Balaban J connectivity index is 1.69. The minimum Gasteiger partial charge on any atom is -0.372 e. The minimum absolute atomic E-state index is 0.113. The molecule has 1 aromatic heterocycles. The summed E-state index contributed by atoms with van der Waals surface area (Å²) >= 11 is 0. The molecule has 1 atom stereocenters. The molecular weight excluding hydrogens is 300 g/mol. The number of carbonyl (C=O) groups is 1. The van der Waals surface area contributed by atoms with Crippen molar-refractivity contribution < 1.29 is 4.79 Å².